The Kier molecular flexibility index (Phi) is 4.13. The zero-order valence-corrected chi connectivity index (χ0v) is 16.6. The van der Waals surface area contributed by atoms with Gasteiger partial charge in [0.25, 0.3) is 0 Å². The van der Waals surface area contributed by atoms with Gasteiger partial charge in [0.1, 0.15) is 11.6 Å². The second kappa shape index (κ2) is 6.59. The number of rotatable bonds is 3. The number of thiazole rings is 1. The van der Waals surface area contributed by atoms with Gasteiger partial charge < -0.3 is 5.32 Å². The maximum atomic E-state index is 13.3. The highest BCUT2D eigenvalue weighted by Crippen LogP contribution is 2.57. The van der Waals surface area contributed by atoms with Crippen molar-refractivity contribution < 1.29 is 14.0 Å². The number of halogens is 1. The summed E-state index contributed by atoms with van der Waals surface area (Å²) in [5.74, 6) is -0.500. The predicted molar refractivity (Wildman–Crippen MR) is 110 cm³/mol. The molecule has 3 aliphatic carbocycles. The summed E-state index contributed by atoms with van der Waals surface area (Å²) in [4.78, 5) is 30.3. The lowest BCUT2D eigenvalue weighted by Gasteiger charge is -2.48. The molecule has 1 heterocycles. The lowest BCUT2D eigenvalue weighted by molar-refractivity contribution is -0.134. The first kappa shape index (κ1) is 18.2. The zero-order valence-electron chi connectivity index (χ0n) is 15.8. The molecule has 1 fully saturated rings. The summed E-state index contributed by atoms with van der Waals surface area (Å²) in [5.41, 5.74) is 3.03. The van der Waals surface area contributed by atoms with Crippen LogP contribution in [0.4, 0.5) is 9.52 Å². The van der Waals surface area contributed by atoms with Crippen LogP contribution in [-0.4, -0.2) is 16.7 Å². The van der Waals surface area contributed by atoms with Crippen molar-refractivity contribution in [3.63, 3.8) is 0 Å². The highest BCUT2D eigenvalue weighted by Gasteiger charge is 2.54. The molecule has 6 heteroatoms. The number of carbonyl (C=O) groups is 2. The molecule has 3 atom stereocenters. The molecule has 4 nitrogen and oxygen atoms in total. The van der Waals surface area contributed by atoms with Crippen LogP contribution in [0.15, 0.2) is 53.9 Å². The van der Waals surface area contributed by atoms with E-state index in [1.807, 2.05) is 36.6 Å². The molecule has 29 heavy (non-hydrogen) atoms. The second-order valence-corrected chi connectivity index (χ2v) is 8.88. The fourth-order valence-corrected chi connectivity index (χ4v) is 5.42. The Balaban J connectivity index is 1.41. The summed E-state index contributed by atoms with van der Waals surface area (Å²) in [6.07, 6.45) is 0.930. The second-order valence-electron chi connectivity index (χ2n) is 8.03. The molecule has 2 aromatic carbocycles. The van der Waals surface area contributed by atoms with E-state index in [1.165, 1.54) is 23.5 Å². The predicted octanol–water partition coefficient (Wildman–Crippen LogP) is 5.14. The molecule has 2 bridgehead atoms. The van der Waals surface area contributed by atoms with Crippen LogP contribution in [0, 0.1) is 11.2 Å². The van der Waals surface area contributed by atoms with Crippen LogP contribution in [-0.2, 0) is 9.59 Å². The van der Waals surface area contributed by atoms with Gasteiger partial charge in [-0.2, -0.15) is 0 Å². The van der Waals surface area contributed by atoms with Gasteiger partial charge in [-0.25, -0.2) is 9.37 Å². The van der Waals surface area contributed by atoms with Gasteiger partial charge in [0.05, 0.1) is 11.1 Å². The molecular formula is C23H19FN2O2S. The molecule has 1 aromatic heterocycles. The Morgan fingerprint density at radius 2 is 1.90 bits per heavy atom. The van der Waals surface area contributed by atoms with Gasteiger partial charge in [0.15, 0.2) is 5.13 Å². The lowest BCUT2D eigenvalue weighted by Crippen LogP contribution is -2.49. The molecule has 0 spiro atoms. The van der Waals surface area contributed by atoms with Gasteiger partial charge in [0.2, 0.25) is 5.91 Å². The summed E-state index contributed by atoms with van der Waals surface area (Å²) < 4.78 is 13.1. The van der Waals surface area contributed by atoms with E-state index in [0.29, 0.717) is 23.7 Å². The van der Waals surface area contributed by atoms with Crippen molar-refractivity contribution in [1.82, 2.24) is 4.98 Å². The third-order valence-corrected chi connectivity index (χ3v) is 7.08. The minimum absolute atomic E-state index is 0.102. The number of hydrogen-bond donors (Lipinski definition) is 1. The van der Waals surface area contributed by atoms with E-state index in [2.05, 4.69) is 10.3 Å². The maximum Gasteiger partial charge on any atom is 0.232 e. The summed E-state index contributed by atoms with van der Waals surface area (Å²) >= 11 is 1.34. The molecule has 3 aliphatic rings. The molecule has 3 unspecified atom stereocenters. The van der Waals surface area contributed by atoms with Crippen molar-refractivity contribution in [2.45, 2.75) is 31.6 Å². The topological polar surface area (TPSA) is 59.1 Å². The number of benzene rings is 2. The molecule has 3 aromatic rings. The third kappa shape index (κ3) is 2.90. The van der Waals surface area contributed by atoms with E-state index in [-0.39, 0.29) is 29.3 Å². The number of hydrogen-bond acceptors (Lipinski definition) is 4. The Morgan fingerprint density at radius 3 is 2.66 bits per heavy atom. The van der Waals surface area contributed by atoms with E-state index < -0.39 is 5.41 Å². The van der Waals surface area contributed by atoms with Gasteiger partial charge in [-0.15, -0.1) is 11.3 Å². The van der Waals surface area contributed by atoms with Crippen LogP contribution in [0.2, 0.25) is 0 Å². The fraction of sp³-hybridized carbons (Fsp3) is 0.261. The van der Waals surface area contributed by atoms with Crippen molar-refractivity contribution in [1.29, 1.82) is 0 Å². The molecule has 0 saturated heterocycles. The van der Waals surface area contributed by atoms with Crippen LogP contribution in [0.3, 0.4) is 0 Å². The van der Waals surface area contributed by atoms with Crippen LogP contribution in [0.25, 0.3) is 11.3 Å². The van der Waals surface area contributed by atoms with E-state index in [0.717, 1.165) is 16.7 Å². The minimum atomic E-state index is -0.658. The van der Waals surface area contributed by atoms with Gasteiger partial charge in [-0.1, -0.05) is 31.2 Å². The first-order valence-corrected chi connectivity index (χ1v) is 10.5. The minimum Gasteiger partial charge on any atom is -0.301 e. The quantitative estimate of drug-likeness (QED) is 0.655. The van der Waals surface area contributed by atoms with Gasteiger partial charge in [0, 0.05) is 29.2 Å². The molecule has 0 aliphatic heterocycles. The van der Waals surface area contributed by atoms with Crippen LogP contribution in [0.5, 0.6) is 0 Å². The molecule has 1 amide bonds. The fourth-order valence-electron chi connectivity index (χ4n) is 4.71. The first-order valence-electron chi connectivity index (χ1n) is 9.60. The summed E-state index contributed by atoms with van der Waals surface area (Å²) in [7, 11) is 0. The molecule has 6 rings (SSSR count). The number of fused-ring (bicyclic) bond motifs is 2. The standard InChI is InChI=1S/C23H19FN2O2S/c1-23(11-17-15-4-2-3-5-16(15)18(23)10-20(17)27)21(28)26-22-25-19(12-29-22)13-6-8-14(24)9-7-13/h2-9,12,17-18H,10-11H2,1H3,(H,25,26,28). The Bertz CT molecular complexity index is 1120. The monoisotopic (exact) mass is 406 g/mol. The SMILES string of the molecule is CC1(C(=O)Nc2nc(-c3ccc(F)cc3)cs2)CC2C(=O)CC1c1ccccc12. The smallest absolute Gasteiger partial charge is 0.232 e. The average molecular weight is 406 g/mol. The molecule has 0 radical (unpaired) electrons. The Labute approximate surface area is 171 Å². The number of anilines is 1. The number of amides is 1. The first-order chi connectivity index (χ1) is 14.0. The number of nitrogens with zero attached hydrogens (tertiary/aromatic N) is 1. The van der Waals surface area contributed by atoms with E-state index in [4.69, 9.17) is 0 Å². The zero-order chi connectivity index (χ0) is 20.2. The van der Waals surface area contributed by atoms with Gasteiger partial charge >= 0.3 is 0 Å². The van der Waals surface area contributed by atoms with Crippen molar-refractivity contribution in [3.05, 3.63) is 70.9 Å². The Hall–Kier alpha value is -2.86. The molecule has 1 N–H and O–H groups in total. The number of Topliss-reactive ketones (excluding diaryl/α,β-unsaturated/α-hetero) is 1. The number of aromatic nitrogens is 1. The third-order valence-electron chi connectivity index (χ3n) is 6.32. The number of carbonyl (C=O) groups excluding carboxylic acids is 2. The highest BCUT2D eigenvalue weighted by molar-refractivity contribution is 7.14. The normalized spacial score (nSPS) is 25.0. The molecule has 1 saturated carbocycles. The van der Waals surface area contributed by atoms with Crippen LogP contribution >= 0.6 is 11.3 Å². The lowest BCUT2D eigenvalue weighted by atomic mass is 9.54. The largest absolute Gasteiger partial charge is 0.301 e. The van der Waals surface area contributed by atoms with Crippen molar-refractivity contribution in [2.24, 2.45) is 5.41 Å². The van der Waals surface area contributed by atoms with Crippen LogP contribution in [0.1, 0.15) is 42.7 Å². The summed E-state index contributed by atoms with van der Waals surface area (Å²) in [6.45, 7) is 1.96. The van der Waals surface area contributed by atoms with Crippen molar-refractivity contribution in [3.8, 4) is 11.3 Å². The Morgan fingerprint density at radius 1 is 1.17 bits per heavy atom. The average Bonchev–Trinajstić information content (AvgIpc) is 3.18. The van der Waals surface area contributed by atoms with E-state index in [9.17, 15) is 14.0 Å². The van der Waals surface area contributed by atoms with Gasteiger partial charge in [-0.05, 0) is 41.8 Å². The van der Waals surface area contributed by atoms with E-state index in [1.54, 1.807) is 12.1 Å². The van der Waals surface area contributed by atoms with Gasteiger partial charge in [-0.3, -0.25) is 9.59 Å². The summed E-state index contributed by atoms with van der Waals surface area (Å²) in [5, 5.41) is 5.32. The summed E-state index contributed by atoms with van der Waals surface area (Å²) in [6, 6.07) is 14.1. The molecular weight excluding hydrogens is 387 g/mol. The number of ketones is 1. The number of nitrogens with one attached hydrogen (secondary N) is 1. The maximum absolute atomic E-state index is 13.3. The highest BCUT2D eigenvalue weighted by atomic mass is 32.1. The van der Waals surface area contributed by atoms with Crippen LogP contribution < -0.4 is 5.32 Å². The molecule has 146 valence electrons. The van der Waals surface area contributed by atoms with Crippen molar-refractivity contribution >= 4 is 28.2 Å². The van der Waals surface area contributed by atoms with Crippen molar-refractivity contribution in [2.75, 3.05) is 5.32 Å². The van der Waals surface area contributed by atoms with E-state index >= 15 is 0 Å².